The van der Waals surface area contributed by atoms with Crippen LogP contribution in [0, 0.1) is 11.8 Å². The van der Waals surface area contributed by atoms with Crippen LogP contribution >= 0.6 is 0 Å². The molecular weight excluding hydrogens is 142 g/mol. The highest BCUT2D eigenvalue weighted by atomic mass is 16.5. The molecule has 0 atom stereocenters. The zero-order valence-electron chi connectivity index (χ0n) is 6.50. The fourth-order valence-corrected chi connectivity index (χ4v) is 0.914. The average molecular weight is 151 g/mol. The molecule has 11 heavy (non-hydrogen) atoms. The molecule has 0 spiro atoms. The molecule has 58 valence electrons. The van der Waals surface area contributed by atoms with Gasteiger partial charge in [0.15, 0.2) is 5.69 Å². The summed E-state index contributed by atoms with van der Waals surface area (Å²) in [5.41, 5.74) is 1.22. The first kappa shape index (κ1) is 7.72. The standard InChI is InChI=1S/C8H9NO2/c1-6-4-3-5-7(11-2)8(6)9-10/h3-5H,1-2H3. The van der Waals surface area contributed by atoms with Gasteiger partial charge in [-0.2, -0.15) is 0 Å². The molecule has 0 N–H and O–H groups in total. The Bertz CT molecular complexity index is 271. The van der Waals surface area contributed by atoms with Crippen LogP contribution in [0.5, 0.6) is 5.75 Å². The van der Waals surface area contributed by atoms with E-state index in [1.807, 2.05) is 19.1 Å². The summed E-state index contributed by atoms with van der Waals surface area (Å²) in [6, 6.07) is 5.35. The summed E-state index contributed by atoms with van der Waals surface area (Å²) in [7, 11) is 1.52. The van der Waals surface area contributed by atoms with E-state index >= 15 is 0 Å². The van der Waals surface area contributed by atoms with Crippen molar-refractivity contribution >= 4 is 5.69 Å². The largest absolute Gasteiger partial charge is 0.494 e. The summed E-state index contributed by atoms with van der Waals surface area (Å²) >= 11 is 0. The maximum Gasteiger partial charge on any atom is 0.152 e. The second-order valence-electron chi connectivity index (χ2n) is 2.22. The van der Waals surface area contributed by atoms with Crippen molar-refractivity contribution in [2.24, 2.45) is 5.18 Å². The van der Waals surface area contributed by atoms with E-state index < -0.39 is 0 Å². The highest BCUT2D eigenvalue weighted by molar-refractivity contribution is 5.56. The zero-order valence-corrected chi connectivity index (χ0v) is 6.50. The van der Waals surface area contributed by atoms with E-state index in [0.717, 1.165) is 5.56 Å². The van der Waals surface area contributed by atoms with Gasteiger partial charge in [-0.15, -0.1) is 4.91 Å². The number of rotatable bonds is 2. The van der Waals surface area contributed by atoms with Crippen LogP contribution in [0.2, 0.25) is 0 Å². The van der Waals surface area contributed by atoms with Crippen LogP contribution in [-0.2, 0) is 0 Å². The molecule has 0 aliphatic rings. The number of methoxy groups -OCH3 is 1. The van der Waals surface area contributed by atoms with Crippen molar-refractivity contribution in [1.82, 2.24) is 0 Å². The molecule has 0 saturated carbocycles. The van der Waals surface area contributed by atoms with Gasteiger partial charge < -0.3 is 4.74 Å². The van der Waals surface area contributed by atoms with Crippen molar-refractivity contribution < 1.29 is 4.74 Å². The third-order valence-electron chi connectivity index (χ3n) is 1.51. The maximum atomic E-state index is 10.3. The highest BCUT2D eigenvalue weighted by Gasteiger charge is 2.04. The Morgan fingerprint density at radius 1 is 1.45 bits per heavy atom. The number of benzene rings is 1. The quantitative estimate of drug-likeness (QED) is 0.609. The summed E-state index contributed by atoms with van der Waals surface area (Å²) in [4.78, 5) is 10.3. The molecule has 0 heterocycles. The Labute approximate surface area is 65.0 Å². The first-order valence-electron chi connectivity index (χ1n) is 3.26. The molecule has 3 heteroatoms. The van der Waals surface area contributed by atoms with Gasteiger partial charge in [-0.1, -0.05) is 12.1 Å². The molecule has 0 saturated heterocycles. The Morgan fingerprint density at radius 3 is 2.64 bits per heavy atom. The fourth-order valence-electron chi connectivity index (χ4n) is 0.914. The molecule has 1 aromatic carbocycles. The predicted molar refractivity (Wildman–Crippen MR) is 43.2 cm³/mol. The zero-order chi connectivity index (χ0) is 8.27. The van der Waals surface area contributed by atoms with Gasteiger partial charge in [0.25, 0.3) is 0 Å². The Hall–Kier alpha value is -1.38. The lowest BCUT2D eigenvalue weighted by Crippen LogP contribution is -1.84. The monoisotopic (exact) mass is 151 g/mol. The number of aryl methyl sites for hydroxylation is 1. The normalized spacial score (nSPS) is 9.27. The number of ether oxygens (including phenoxy) is 1. The van der Waals surface area contributed by atoms with E-state index in [9.17, 15) is 4.91 Å². The second-order valence-corrected chi connectivity index (χ2v) is 2.22. The van der Waals surface area contributed by atoms with Crippen LogP contribution in [0.25, 0.3) is 0 Å². The lowest BCUT2D eigenvalue weighted by Gasteiger charge is -2.02. The molecule has 0 unspecified atom stereocenters. The van der Waals surface area contributed by atoms with Gasteiger partial charge in [-0.25, -0.2) is 0 Å². The van der Waals surface area contributed by atoms with Crippen molar-refractivity contribution in [2.75, 3.05) is 7.11 Å². The smallest absolute Gasteiger partial charge is 0.152 e. The van der Waals surface area contributed by atoms with E-state index in [-0.39, 0.29) is 0 Å². The van der Waals surface area contributed by atoms with Crippen LogP contribution in [0.1, 0.15) is 5.56 Å². The van der Waals surface area contributed by atoms with Crippen molar-refractivity contribution in [3.63, 3.8) is 0 Å². The molecule has 0 aromatic heterocycles. The fraction of sp³-hybridized carbons (Fsp3) is 0.250. The van der Waals surface area contributed by atoms with Gasteiger partial charge in [0.05, 0.1) is 7.11 Å². The average Bonchev–Trinajstić information content (AvgIpc) is 2.04. The predicted octanol–water partition coefficient (Wildman–Crippen LogP) is 2.40. The topological polar surface area (TPSA) is 38.7 Å². The third kappa shape index (κ3) is 1.37. The summed E-state index contributed by atoms with van der Waals surface area (Å²) in [5, 5.41) is 2.87. The third-order valence-corrected chi connectivity index (χ3v) is 1.51. The van der Waals surface area contributed by atoms with Crippen molar-refractivity contribution in [2.45, 2.75) is 6.92 Å². The van der Waals surface area contributed by atoms with Crippen molar-refractivity contribution in [3.05, 3.63) is 28.7 Å². The summed E-state index contributed by atoms with van der Waals surface area (Å²) in [6.45, 7) is 1.82. The van der Waals surface area contributed by atoms with E-state index in [4.69, 9.17) is 4.74 Å². The summed E-state index contributed by atoms with van der Waals surface area (Å²) in [6.07, 6.45) is 0. The van der Waals surface area contributed by atoms with Gasteiger partial charge in [-0.3, -0.25) is 0 Å². The summed E-state index contributed by atoms with van der Waals surface area (Å²) < 4.78 is 4.92. The highest BCUT2D eigenvalue weighted by Crippen LogP contribution is 2.29. The summed E-state index contributed by atoms with van der Waals surface area (Å²) in [5.74, 6) is 0.528. The van der Waals surface area contributed by atoms with E-state index in [2.05, 4.69) is 5.18 Å². The van der Waals surface area contributed by atoms with E-state index in [1.54, 1.807) is 6.07 Å². The minimum absolute atomic E-state index is 0.384. The molecule has 0 aliphatic heterocycles. The van der Waals surface area contributed by atoms with E-state index in [1.165, 1.54) is 7.11 Å². The number of hydrogen-bond acceptors (Lipinski definition) is 3. The van der Waals surface area contributed by atoms with Crippen LogP contribution in [0.15, 0.2) is 23.4 Å². The van der Waals surface area contributed by atoms with Crippen molar-refractivity contribution in [1.29, 1.82) is 0 Å². The van der Waals surface area contributed by atoms with Gasteiger partial charge in [0.2, 0.25) is 0 Å². The minimum Gasteiger partial charge on any atom is -0.494 e. The van der Waals surface area contributed by atoms with Gasteiger partial charge in [0.1, 0.15) is 5.75 Å². The van der Waals surface area contributed by atoms with Gasteiger partial charge >= 0.3 is 0 Å². The van der Waals surface area contributed by atoms with Crippen LogP contribution in [0.3, 0.4) is 0 Å². The second kappa shape index (κ2) is 3.14. The molecule has 0 fully saturated rings. The van der Waals surface area contributed by atoms with Crippen molar-refractivity contribution in [3.8, 4) is 5.75 Å². The first-order chi connectivity index (χ1) is 5.29. The number of nitrogens with zero attached hydrogens (tertiary/aromatic N) is 1. The Balaban J connectivity index is 3.24. The van der Waals surface area contributed by atoms with Crippen LogP contribution in [-0.4, -0.2) is 7.11 Å². The van der Waals surface area contributed by atoms with Gasteiger partial charge in [0, 0.05) is 0 Å². The maximum absolute atomic E-state index is 10.3. The lowest BCUT2D eigenvalue weighted by molar-refractivity contribution is 0.416. The minimum atomic E-state index is 0.384. The van der Waals surface area contributed by atoms with Crippen LogP contribution in [0.4, 0.5) is 5.69 Å². The molecule has 0 amide bonds. The SMILES string of the molecule is COc1cccc(C)c1N=O. The lowest BCUT2D eigenvalue weighted by atomic mass is 10.2. The Kier molecular flexibility index (Phi) is 2.21. The molecule has 3 nitrogen and oxygen atoms in total. The molecular formula is C8H9NO2. The molecule has 1 rings (SSSR count). The first-order valence-corrected chi connectivity index (χ1v) is 3.26. The van der Waals surface area contributed by atoms with Gasteiger partial charge in [-0.05, 0) is 23.7 Å². The molecule has 1 aromatic rings. The van der Waals surface area contributed by atoms with Crippen LogP contribution < -0.4 is 4.74 Å². The van der Waals surface area contributed by atoms with E-state index in [0.29, 0.717) is 11.4 Å². The number of hydrogen-bond donors (Lipinski definition) is 0. The molecule has 0 bridgehead atoms. The Morgan fingerprint density at radius 2 is 2.18 bits per heavy atom. The molecule has 0 aliphatic carbocycles. The molecule has 0 radical (unpaired) electrons. The number of nitroso groups, excluding NO2 is 1.